The molecule has 0 aliphatic carbocycles. The summed E-state index contributed by atoms with van der Waals surface area (Å²) in [7, 11) is 3.11. The van der Waals surface area contributed by atoms with Gasteiger partial charge in [-0.3, -0.25) is 9.69 Å². The van der Waals surface area contributed by atoms with Crippen LogP contribution < -0.4 is 14.9 Å². The number of carbonyl (C=O) groups is 1. The van der Waals surface area contributed by atoms with Gasteiger partial charge >= 0.3 is 0 Å². The van der Waals surface area contributed by atoms with Gasteiger partial charge in [0, 0.05) is 49.8 Å². The highest BCUT2D eigenvalue weighted by atomic mass is 16.5. The summed E-state index contributed by atoms with van der Waals surface area (Å²) in [5.41, 5.74) is 5.44. The number of nitrogens with zero attached hydrogens (tertiary/aromatic N) is 2. The van der Waals surface area contributed by atoms with Crippen LogP contribution in [0.2, 0.25) is 0 Å². The molecule has 142 valence electrons. The molecule has 1 amide bonds. The Labute approximate surface area is 159 Å². The Balaban J connectivity index is 1.54. The summed E-state index contributed by atoms with van der Waals surface area (Å²) in [6.45, 7) is 2.83. The zero-order chi connectivity index (χ0) is 19.1. The summed E-state index contributed by atoms with van der Waals surface area (Å²) >= 11 is 0. The van der Waals surface area contributed by atoms with E-state index >= 15 is 0 Å². The predicted molar refractivity (Wildman–Crippen MR) is 105 cm³/mol. The number of nitrogens with one attached hydrogen (secondary N) is 1. The van der Waals surface area contributed by atoms with Crippen LogP contribution in [0.25, 0.3) is 0 Å². The third kappa shape index (κ3) is 5.31. The molecule has 0 saturated carbocycles. The van der Waals surface area contributed by atoms with Gasteiger partial charge in [0.1, 0.15) is 11.5 Å². The number of hydrogen-bond acceptors (Lipinski definition) is 5. The minimum Gasteiger partial charge on any atom is -0.497 e. The number of benzene rings is 2. The second-order valence-electron chi connectivity index (χ2n) is 6.48. The average molecular weight is 367 g/mol. The van der Waals surface area contributed by atoms with Crippen LogP contribution in [0, 0.1) is 0 Å². The molecule has 27 heavy (non-hydrogen) atoms. The van der Waals surface area contributed by atoms with E-state index in [1.165, 1.54) is 5.56 Å². The molecular weight excluding hydrogens is 342 g/mol. The lowest BCUT2D eigenvalue weighted by Crippen LogP contribution is -2.34. The molecule has 2 aromatic rings. The number of hydrogen-bond donors (Lipinski definition) is 1. The van der Waals surface area contributed by atoms with Crippen LogP contribution in [-0.2, 0) is 6.54 Å². The first kappa shape index (κ1) is 18.9. The summed E-state index contributed by atoms with van der Waals surface area (Å²) in [5, 5.41) is 4.32. The summed E-state index contributed by atoms with van der Waals surface area (Å²) in [4.78, 5) is 14.8. The lowest BCUT2D eigenvalue weighted by atomic mass is 10.1. The highest BCUT2D eigenvalue weighted by Gasteiger charge is 2.16. The fourth-order valence-electron chi connectivity index (χ4n) is 3.06. The quantitative estimate of drug-likeness (QED) is 0.797. The van der Waals surface area contributed by atoms with Crippen molar-refractivity contribution in [2.45, 2.75) is 19.4 Å². The van der Waals surface area contributed by atoms with Crippen molar-refractivity contribution in [2.24, 2.45) is 5.10 Å². The van der Waals surface area contributed by atoms with Crippen LogP contribution in [0.3, 0.4) is 0 Å². The lowest BCUT2D eigenvalue weighted by Gasteiger charge is -2.27. The van der Waals surface area contributed by atoms with E-state index in [1.54, 1.807) is 32.4 Å². The molecule has 0 radical (unpaired) electrons. The molecular formula is C21H25N3O3. The molecule has 2 aromatic carbocycles. The van der Waals surface area contributed by atoms with Gasteiger partial charge in [0.25, 0.3) is 5.91 Å². The number of rotatable bonds is 6. The number of methoxy groups -OCH3 is 2. The van der Waals surface area contributed by atoms with Gasteiger partial charge in [0.05, 0.1) is 14.2 Å². The summed E-state index contributed by atoms with van der Waals surface area (Å²) in [6.07, 6.45) is 1.71. The number of ether oxygens (including phenoxy) is 2. The standard InChI is InChI=1S/C21H25N3O3/c1-26-19-12-17(13-20(14-19)27-2)21(25)23-22-18-8-10-24(11-9-18)15-16-6-4-3-5-7-16/h3-7,12-14H,8-11,15H2,1-2H3,(H,23,25). The second kappa shape index (κ2) is 9.19. The van der Waals surface area contributed by atoms with Crippen LogP contribution in [0.4, 0.5) is 0 Å². The zero-order valence-corrected chi connectivity index (χ0v) is 15.8. The van der Waals surface area contributed by atoms with Gasteiger partial charge < -0.3 is 9.47 Å². The molecule has 1 saturated heterocycles. The maximum atomic E-state index is 12.4. The number of hydrazone groups is 1. The van der Waals surface area contributed by atoms with Gasteiger partial charge in [0.2, 0.25) is 0 Å². The first-order valence-corrected chi connectivity index (χ1v) is 9.03. The van der Waals surface area contributed by atoms with Gasteiger partial charge in [-0.05, 0) is 17.7 Å². The van der Waals surface area contributed by atoms with Crippen molar-refractivity contribution in [1.29, 1.82) is 0 Å². The van der Waals surface area contributed by atoms with Gasteiger partial charge in [-0.1, -0.05) is 30.3 Å². The summed E-state index contributed by atoms with van der Waals surface area (Å²) in [6, 6.07) is 15.5. The van der Waals surface area contributed by atoms with Crippen LogP contribution in [-0.4, -0.2) is 43.8 Å². The lowest BCUT2D eigenvalue weighted by molar-refractivity contribution is 0.0953. The Morgan fingerprint density at radius 3 is 2.26 bits per heavy atom. The van der Waals surface area contributed by atoms with Crippen molar-refractivity contribution in [3.05, 3.63) is 59.7 Å². The Morgan fingerprint density at radius 1 is 1.04 bits per heavy atom. The normalized spacial score (nSPS) is 14.5. The molecule has 0 unspecified atom stereocenters. The maximum absolute atomic E-state index is 12.4. The zero-order valence-electron chi connectivity index (χ0n) is 15.8. The minimum atomic E-state index is -0.272. The molecule has 0 bridgehead atoms. The van der Waals surface area contributed by atoms with Crippen molar-refractivity contribution in [3.63, 3.8) is 0 Å². The SMILES string of the molecule is COc1cc(OC)cc(C(=O)NN=C2CCN(Cc3ccccc3)CC2)c1. The monoisotopic (exact) mass is 367 g/mol. The number of piperidine rings is 1. The fourth-order valence-corrected chi connectivity index (χ4v) is 3.06. The Hall–Kier alpha value is -2.86. The van der Waals surface area contributed by atoms with Crippen LogP contribution >= 0.6 is 0 Å². The molecule has 1 N–H and O–H groups in total. The molecule has 3 rings (SSSR count). The highest BCUT2D eigenvalue weighted by molar-refractivity contribution is 5.96. The van der Waals surface area contributed by atoms with E-state index in [0.29, 0.717) is 17.1 Å². The maximum Gasteiger partial charge on any atom is 0.271 e. The first-order chi connectivity index (χ1) is 13.2. The molecule has 1 aliphatic heterocycles. The Bertz CT molecular complexity index is 773. The molecule has 6 heteroatoms. The number of amides is 1. The van der Waals surface area contributed by atoms with E-state index in [4.69, 9.17) is 9.47 Å². The highest BCUT2D eigenvalue weighted by Crippen LogP contribution is 2.22. The predicted octanol–water partition coefficient (Wildman–Crippen LogP) is 3.09. The Morgan fingerprint density at radius 2 is 1.67 bits per heavy atom. The topological polar surface area (TPSA) is 63.2 Å². The van der Waals surface area contributed by atoms with Crippen molar-refractivity contribution < 1.29 is 14.3 Å². The summed E-state index contributed by atoms with van der Waals surface area (Å²) < 4.78 is 10.4. The Kier molecular flexibility index (Phi) is 6.44. The molecule has 0 atom stereocenters. The average Bonchev–Trinajstić information content (AvgIpc) is 2.73. The van der Waals surface area contributed by atoms with Gasteiger partial charge in [-0.2, -0.15) is 5.10 Å². The molecule has 0 spiro atoms. The van der Waals surface area contributed by atoms with E-state index in [-0.39, 0.29) is 5.91 Å². The van der Waals surface area contributed by atoms with Gasteiger partial charge in [-0.25, -0.2) is 5.43 Å². The van der Waals surface area contributed by atoms with E-state index in [9.17, 15) is 4.79 Å². The molecule has 6 nitrogen and oxygen atoms in total. The van der Waals surface area contributed by atoms with Crippen LogP contribution in [0.15, 0.2) is 53.6 Å². The molecule has 0 aromatic heterocycles. The first-order valence-electron chi connectivity index (χ1n) is 9.03. The van der Waals surface area contributed by atoms with E-state index in [2.05, 4.69) is 39.7 Å². The third-order valence-corrected chi connectivity index (χ3v) is 4.61. The van der Waals surface area contributed by atoms with Crippen molar-refractivity contribution in [2.75, 3.05) is 27.3 Å². The molecule has 1 aliphatic rings. The molecule has 1 heterocycles. The van der Waals surface area contributed by atoms with Crippen molar-refractivity contribution in [3.8, 4) is 11.5 Å². The largest absolute Gasteiger partial charge is 0.497 e. The van der Waals surface area contributed by atoms with Gasteiger partial charge in [-0.15, -0.1) is 0 Å². The number of likely N-dealkylation sites (tertiary alicyclic amines) is 1. The minimum absolute atomic E-state index is 0.272. The molecule has 1 fully saturated rings. The summed E-state index contributed by atoms with van der Waals surface area (Å²) in [5.74, 6) is 0.870. The van der Waals surface area contributed by atoms with E-state index < -0.39 is 0 Å². The van der Waals surface area contributed by atoms with Crippen LogP contribution in [0.5, 0.6) is 11.5 Å². The smallest absolute Gasteiger partial charge is 0.271 e. The van der Waals surface area contributed by atoms with Crippen molar-refractivity contribution >= 4 is 11.6 Å². The van der Waals surface area contributed by atoms with Crippen molar-refractivity contribution in [1.82, 2.24) is 10.3 Å². The van der Waals surface area contributed by atoms with Crippen LogP contribution in [0.1, 0.15) is 28.8 Å². The van der Waals surface area contributed by atoms with E-state index in [1.807, 2.05) is 6.07 Å². The third-order valence-electron chi connectivity index (χ3n) is 4.61. The number of carbonyl (C=O) groups excluding carboxylic acids is 1. The van der Waals surface area contributed by atoms with Gasteiger partial charge in [0.15, 0.2) is 0 Å². The second-order valence-corrected chi connectivity index (χ2v) is 6.48. The van der Waals surface area contributed by atoms with E-state index in [0.717, 1.165) is 38.2 Å². The fraction of sp³-hybridized carbons (Fsp3) is 0.333.